The van der Waals surface area contributed by atoms with Crippen molar-refractivity contribution in [2.75, 3.05) is 26.2 Å². The van der Waals surface area contributed by atoms with Crippen LogP contribution in [0.5, 0.6) is 0 Å². The number of ether oxygens (including phenoxy) is 1. The molecule has 2 fully saturated rings. The van der Waals surface area contributed by atoms with Gasteiger partial charge in [-0.05, 0) is 45.1 Å². The zero-order chi connectivity index (χ0) is 13.0. The van der Waals surface area contributed by atoms with Gasteiger partial charge >= 0.3 is 0 Å². The Bertz CT molecular complexity index is 241. The van der Waals surface area contributed by atoms with Crippen LogP contribution in [0.15, 0.2) is 0 Å². The minimum absolute atomic E-state index is 0.490. The van der Waals surface area contributed by atoms with Crippen molar-refractivity contribution in [3.05, 3.63) is 0 Å². The average molecular weight is 254 g/mol. The number of rotatable bonds is 4. The van der Waals surface area contributed by atoms with Crippen molar-refractivity contribution < 1.29 is 4.74 Å². The summed E-state index contributed by atoms with van der Waals surface area (Å²) < 4.78 is 5.88. The van der Waals surface area contributed by atoms with E-state index >= 15 is 0 Å². The molecule has 3 heteroatoms. The van der Waals surface area contributed by atoms with Gasteiger partial charge in [0.05, 0.1) is 6.10 Å². The summed E-state index contributed by atoms with van der Waals surface area (Å²) in [5.74, 6) is 0.738. The first-order valence-electron chi connectivity index (χ1n) is 7.81. The van der Waals surface area contributed by atoms with E-state index in [0.717, 1.165) is 25.6 Å². The van der Waals surface area contributed by atoms with Crippen molar-refractivity contribution in [2.45, 2.75) is 64.6 Å². The van der Waals surface area contributed by atoms with Gasteiger partial charge in [0, 0.05) is 31.8 Å². The smallest absolute Gasteiger partial charge is 0.0702 e. The zero-order valence-corrected chi connectivity index (χ0v) is 12.3. The van der Waals surface area contributed by atoms with E-state index in [2.05, 4.69) is 31.0 Å². The van der Waals surface area contributed by atoms with Crippen molar-refractivity contribution >= 4 is 0 Å². The van der Waals surface area contributed by atoms with E-state index in [1.807, 2.05) is 0 Å². The molecular formula is C15H30N2O. The molecule has 18 heavy (non-hydrogen) atoms. The van der Waals surface area contributed by atoms with Gasteiger partial charge in [0.1, 0.15) is 0 Å². The Balaban J connectivity index is 1.83. The lowest BCUT2D eigenvalue weighted by Crippen LogP contribution is -2.55. The molecule has 0 bridgehead atoms. The monoisotopic (exact) mass is 254 g/mol. The Hall–Kier alpha value is -0.120. The van der Waals surface area contributed by atoms with Crippen LogP contribution in [0.25, 0.3) is 0 Å². The Morgan fingerprint density at radius 3 is 2.72 bits per heavy atom. The Labute approximate surface area is 112 Å². The third kappa shape index (κ3) is 3.46. The van der Waals surface area contributed by atoms with Crippen LogP contribution in [-0.2, 0) is 4.74 Å². The van der Waals surface area contributed by atoms with Crippen molar-refractivity contribution in [3.8, 4) is 0 Å². The second kappa shape index (κ2) is 6.88. The van der Waals surface area contributed by atoms with Crippen LogP contribution in [0.3, 0.4) is 0 Å². The fourth-order valence-corrected chi connectivity index (χ4v) is 3.46. The number of likely N-dealkylation sites (tertiary alicyclic amines) is 1. The third-order valence-electron chi connectivity index (χ3n) is 4.88. The van der Waals surface area contributed by atoms with Crippen LogP contribution < -0.4 is 5.32 Å². The number of nitrogens with one attached hydrogen (secondary N) is 1. The molecule has 0 aromatic heterocycles. The normalized spacial score (nSPS) is 38.8. The Morgan fingerprint density at radius 2 is 2.06 bits per heavy atom. The summed E-state index contributed by atoms with van der Waals surface area (Å²) in [5, 5.41) is 3.63. The molecule has 2 aliphatic rings. The third-order valence-corrected chi connectivity index (χ3v) is 4.88. The number of hydrogen-bond acceptors (Lipinski definition) is 3. The van der Waals surface area contributed by atoms with Crippen molar-refractivity contribution in [1.82, 2.24) is 10.2 Å². The second-order valence-electron chi connectivity index (χ2n) is 6.04. The lowest BCUT2D eigenvalue weighted by atomic mass is 9.86. The fraction of sp³-hybridized carbons (Fsp3) is 1.00. The molecule has 0 aromatic rings. The summed E-state index contributed by atoms with van der Waals surface area (Å²) in [6.07, 6.45) is 5.64. The van der Waals surface area contributed by atoms with Gasteiger partial charge < -0.3 is 10.1 Å². The van der Waals surface area contributed by atoms with E-state index in [0.29, 0.717) is 18.2 Å². The summed E-state index contributed by atoms with van der Waals surface area (Å²) in [7, 11) is 0. The summed E-state index contributed by atoms with van der Waals surface area (Å²) in [4.78, 5) is 2.65. The van der Waals surface area contributed by atoms with Crippen molar-refractivity contribution in [3.63, 3.8) is 0 Å². The van der Waals surface area contributed by atoms with E-state index in [-0.39, 0.29) is 0 Å². The number of hydrogen-bond donors (Lipinski definition) is 1. The minimum atomic E-state index is 0.490. The molecule has 2 aliphatic heterocycles. The van der Waals surface area contributed by atoms with Gasteiger partial charge in [0.25, 0.3) is 0 Å². The maximum Gasteiger partial charge on any atom is 0.0702 e. The lowest BCUT2D eigenvalue weighted by Gasteiger charge is -2.44. The van der Waals surface area contributed by atoms with Crippen LogP contribution >= 0.6 is 0 Å². The summed E-state index contributed by atoms with van der Waals surface area (Å²) in [5.41, 5.74) is 0. The van der Waals surface area contributed by atoms with Crippen LogP contribution in [0, 0.1) is 5.92 Å². The highest BCUT2D eigenvalue weighted by Gasteiger charge is 2.33. The molecule has 0 amide bonds. The molecule has 0 aromatic carbocycles. The number of nitrogens with zero attached hydrogens (tertiary/aromatic N) is 1. The van der Waals surface area contributed by atoms with Crippen molar-refractivity contribution in [1.29, 1.82) is 0 Å². The van der Waals surface area contributed by atoms with E-state index in [9.17, 15) is 0 Å². The van der Waals surface area contributed by atoms with Crippen LogP contribution in [0.4, 0.5) is 0 Å². The first-order chi connectivity index (χ1) is 8.72. The highest BCUT2D eigenvalue weighted by Crippen LogP contribution is 2.25. The van der Waals surface area contributed by atoms with E-state index < -0.39 is 0 Å². The average Bonchev–Trinajstić information content (AvgIpc) is 2.40. The molecule has 0 aliphatic carbocycles. The molecular weight excluding hydrogens is 224 g/mol. The fourth-order valence-electron chi connectivity index (χ4n) is 3.46. The molecule has 0 radical (unpaired) electrons. The van der Waals surface area contributed by atoms with Gasteiger partial charge in [-0.15, -0.1) is 0 Å². The molecule has 1 N–H and O–H groups in total. The van der Waals surface area contributed by atoms with Gasteiger partial charge in [0.2, 0.25) is 0 Å². The molecule has 2 rings (SSSR count). The number of piperidine rings is 1. The molecule has 3 nitrogen and oxygen atoms in total. The van der Waals surface area contributed by atoms with Gasteiger partial charge in [-0.25, -0.2) is 0 Å². The first kappa shape index (κ1) is 14.3. The second-order valence-corrected chi connectivity index (χ2v) is 6.04. The van der Waals surface area contributed by atoms with Crippen LogP contribution in [-0.4, -0.2) is 49.3 Å². The summed E-state index contributed by atoms with van der Waals surface area (Å²) in [6.45, 7) is 11.4. The van der Waals surface area contributed by atoms with Crippen LogP contribution in [0.2, 0.25) is 0 Å². The summed E-state index contributed by atoms with van der Waals surface area (Å²) >= 11 is 0. The molecule has 0 saturated carbocycles. The highest BCUT2D eigenvalue weighted by atomic mass is 16.5. The zero-order valence-electron chi connectivity index (χ0n) is 12.3. The van der Waals surface area contributed by atoms with Gasteiger partial charge in [-0.1, -0.05) is 13.8 Å². The predicted molar refractivity (Wildman–Crippen MR) is 75.9 cm³/mol. The maximum atomic E-state index is 5.88. The molecule has 4 atom stereocenters. The van der Waals surface area contributed by atoms with Gasteiger partial charge in [-0.3, -0.25) is 4.90 Å². The Kier molecular flexibility index (Phi) is 5.46. The highest BCUT2D eigenvalue weighted by molar-refractivity contribution is 4.89. The van der Waals surface area contributed by atoms with E-state index in [4.69, 9.17) is 4.74 Å². The van der Waals surface area contributed by atoms with Crippen LogP contribution in [0.1, 0.15) is 46.5 Å². The molecule has 2 heterocycles. The predicted octanol–water partition coefficient (Wildman–Crippen LogP) is 2.26. The topological polar surface area (TPSA) is 24.5 Å². The molecule has 0 spiro atoms. The molecule has 4 unspecified atom stereocenters. The quantitative estimate of drug-likeness (QED) is 0.833. The molecule has 106 valence electrons. The largest absolute Gasteiger partial charge is 0.377 e. The molecule has 2 saturated heterocycles. The standard InChI is InChI=1S/C15H30N2O/c1-4-16-15-8-9-17(13(3)12(15)2)11-14-7-5-6-10-18-14/h12-16H,4-11H2,1-3H3. The maximum absolute atomic E-state index is 5.88. The summed E-state index contributed by atoms with van der Waals surface area (Å²) in [6, 6.07) is 1.38. The SMILES string of the molecule is CCNC1CCN(CC2CCCCO2)C(C)C1C. The van der Waals surface area contributed by atoms with E-state index in [1.165, 1.54) is 32.2 Å². The van der Waals surface area contributed by atoms with Crippen molar-refractivity contribution in [2.24, 2.45) is 5.92 Å². The Morgan fingerprint density at radius 1 is 1.22 bits per heavy atom. The van der Waals surface area contributed by atoms with Gasteiger partial charge in [0.15, 0.2) is 0 Å². The minimum Gasteiger partial charge on any atom is -0.377 e. The van der Waals surface area contributed by atoms with Gasteiger partial charge in [-0.2, -0.15) is 0 Å². The van der Waals surface area contributed by atoms with E-state index in [1.54, 1.807) is 0 Å². The first-order valence-corrected chi connectivity index (χ1v) is 7.81. The lowest BCUT2D eigenvalue weighted by molar-refractivity contribution is -0.0280.